The summed E-state index contributed by atoms with van der Waals surface area (Å²) >= 11 is 0. The fraction of sp³-hybridized carbons (Fsp3) is 0.759. The second-order valence-electron chi connectivity index (χ2n) is 9.99. The molecule has 0 radical (unpaired) electrons. The van der Waals surface area contributed by atoms with Crippen LogP contribution in [0.2, 0.25) is 0 Å². The number of allylic oxidation sites excluding steroid dienone is 1. The van der Waals surface area contributed by atoms with E-state index in [-0.39, 0.29) is 5.97 Å². The first-order valence-electron chi connectivity index (χ1n) is 12.9. The van der Waals surface area contributed by atoms with Gasteiger partial charge in [-0.1, -0.05) is 78.6 Å². The first kappa shape index (κ1) is 27.5. The lowest BCUT2D eigenvalue weighted by Gasteiger charge is -2.11. The van der Waals surface area contributed by atoms with Crippen molar-refractivity contribution < 1.29 is 9.53 Å². The minimum atomic E-state index is -0.227. The van der Waals surface area contributed by atoms with Crippen LogP contribution in [-0.2, 0) is 9.53 Å². The molecule has 0 fully saturated rings. The Kier molecular flexibility index (Phi) is 15.2. The van der Waals surface area contributed by atoms with Crippen LogP contribution in [0.4, 0.5) is 0 Å². The molecule has 31 heavy (non-hydrogen) atoms. The van der Waals surface area contributed by atoms with Gasteiger partial charge >= 0.3 is 5.97 Å². The lowest BCUT2D eigenvalue weighted by Crippen LogP contribution is -2.04. The van der Waals surface area contributed by atoms with Gasteiger partial charge < -0.3 is 4.74 Å². The highest BCUT2D eigenvalue weighted by atomic mass is 16.5. The maximum atomic E-state index is 12.2. The number of hydrogen-bond donors (Lipinski definition) is 0. The van der Waals surface area contributed by atoms with E-state index in [0.29, 0.717) is 5.57 Å². The van der Waals surface area contributed by atoms with E-state index in [0.717, 1.165) is 49.5 Å². The molecule has 0 bridgehead atoms. The monoisotopic (exact) mass is 428 g/mol. The van der Waals surface area contributed by atoms with Crippen molar-refractivity contribution in [3.05, 3.63) is 34.3 Å². The lowest BCUT2D eigenvalue weighted by molar-refractivity contribution is -0.136. The van der Waals surface area contributed by atoms with Gasteiger partial charge in [-0.2, -0.15) is 0 Å². The van der Waals surface area contributed by atoms with Crippen LogP contribution in [0.5, 0.6) is 0 Å². The third-order valence-corrected chi connectivity index (χ3v) is 6.35. The third kappa shape index (κ3) is 14.2. The van der Waals surface area contributed by atoms with E-state index < -0.39 is 0 Å². The smallest absolute Gasteiger partial charge is 0.341 e. The molecular weight excluding hydrogens is 380 g/mol. The van der Waals surface area contributed by atoms with Gasteiger partial charge in [-0.25, -0.2) is 4.79 Å². The van der Waals surface area contributed by atoms with Crippen molar-refractivity contribution in [3.63, 3.8) is 0 Å². The average Bonchev–Trinajstić information content (AvgIpc) is 2.74. The molecule has 1 unspecified atom stereocenters. The molecule has 1 rings (SSSR count). The number of unbranched alkanes of at least 4 members (excludes halogenated alkanes) is 1. The molecule has 0 aliphatic heterocycles. The Hall–Kier alpha value is -1.49. The Balaban J connectivity index is 2.78. The first-order valence-corrected chi connectivity index (χ1v) is 12.9. The summed E-state index contributed by atoms with van der Waals surface area (Å²) in [6, 6.07) is 0. The van der Waals surface area contributed by atoms with Gasteiger partial charge in [0.1, 0.15) is 0 Å². The Morgan fingerprint density at radius 3 is 2.23 bits per heavy atom. The van der Waals surface area contributed by atoms with E-state index >= 15 is 0 Å². The zero-order valence-corrected chi connectivity index (χ0v) is 21.2. The molecule has 2 heteroatoms. The zero-order chi connectivity index (χ0) is 22.9. The van der Waals surface area contributed by atoms with E-state index in [1.165, 1.54) is 76.9 Å². The lowest BCUT2D eigenvalue weighted by atomic mass is 9.95. The molecule has 0 aromatic carbocycles. The van der Waals surface area contributed by atoms with E-state index in [1.54, 1.807) is 0 Å². The first-order chi connectivity index (χ1) is 14.9. The fourth-order valence-electron chi connectivity index (χ4n) is 4.14. The molecule has 0 amide bonds. The molecule has 2 nitrogen and oxygen atoms in total. The molecule has 1 atom stereocenters. The highest BCUT2D eigenvalue weighted by Gasteiger charge is 2.10. The molecule has 0 N–H and O–H groups in total. The standard InChI is InChI=1S/C29H48O2/c1-24(2)15-13-14-16-25(3)19-20-26(4)21-22-27-17-11-9-7-6-8-10-12-18-28(23-27)29(30)31-5/h22,24-25H,6-20H2,1-5H3. The number of ether oxygens (including phenoxy) is 1. The quantitative estimate of drug-likeness (QED) is 0.197. The van der Waals surface area contributed by atoms with E-state index in [1.807, 2.05) is 0 Å². The van der Waals surface area contributed by atoms with Gasteiger partial charge in [0.15, 0.2) is 0 Å². The van der Waals surface area contributed by atoms with Gasteiger partial charge in [0.25, 0.3) is 0 Å². The van der Waals surface area contributed by atoms with Crippen LogP contribution in [0.25, 0.3) is 0 Å². The number of esters is 1. The minimum Gasteiger partial charge on any atom is -0.465 e. The average molecular weight is 429 g/mol. The summed E-state index contributed by atoms with van der Waals surface area (Å²) in [5.74, 6) is 1.37. The second-order valence-corrected chi connectivity index (χ2v) is 9.99. The highest BCUT2D eigenvalue weighted by molar-refractivity contribution is 5.88. The van der Waals surface area contributed by atoms with Crippen LogP contribution in [-0.4, -0.2) is 13.1 Å². The van der Waals surface area contributed by atoms with Gasteiger partial charge in [-0.3, -0.25) is 0 Å². The fourth-order valence-corrected chi connectivity index (χ4v) is 4.14. The maximum Gasteiger partial charge on any atom is 0.341 e. The SMILES string of the molecule is COC(=O)C1=C=C(C=C=C(C)CCC(C)CCCCC(C)C)CCCCCCCCC1. The Morgan fingerprint density at radius 1 is 0.968 bits per heavy atom. The van der Waals surface area contributed by atoms with Gasteiger partial charge in [0.05, 0.1) is 12.7 Å². The molecule has 0 saturated heterocycles. The number of carbonyl (C=O) groups is 1. The molecule has 1 aliphatic carbocycles. The van der Waals surface area contributed by atoms with Crippen LogP contribution >= 0.6 is 0 Å². The highest BCUT2D eigenvalue weighted by Crippen LogP contribution is 2.20. The summed E-state index contributed by atoms with van der Waals surface area (Å²) in [4.78, 5) is 12.2. The van der Waals surface area contributed by atoms with Crippen molar-refractivity contribution in [2.75, 3.05) is 7.11 Å². The number of hydrogen-bond acceptors (Lipinski definition) is 2. The molecule has 0 saturated carbocycles. The summed E-state index contributed by atoms with van der Waals surface area (Å²) in [7, 11) is 1.47. The van der Waals surface area contributed by atoms with Crippen LogP contribution < -0.4 is 0 Å². The molecule has 0 spiro atoms. The summed E-state index contributed by atoms with van der Waals surface area (Å²) in [5, 5.41) is 0. The van der Waals surface area contributed by atoms with Gasteiger partial charge in [0, 0.05) is 5.57 Å². The summed E-state index contributed by atoms with van der Waals surface area (Å²) < 4.78 is 5.01. The van der Waals surface area contributed by atoms with Crippen LogP contribution in [0.3, 0.4) is 0 Å². The second kappa shape index (κ2) is 17.1. The van der Waals surface area contributed by atoms with Crippen molar-refractivity contribution in [2.24, 2.45) is 11.8 Å². The summed E-state index contributed by atoms with van der Waals surface area (Å²) in [6.07, 6.45) is 20.1. The zero-order valence-electron chi connectivity index (χ0n) is 21.2. The third-order valence-electron chi connectivity index (χ3n) is 6.35. The molecule has 1 aliphatic rings. The van der Waals surface area contributed by atoms with E-state index in [4.69, 9.17) is 4.74 Å². The summed E-state index contributed by atoms with van der Waals surface area (Å²) in [6.45, 7) is 9.19. The van der Waals surface area contributed by atoms with Crippen LogP contribution in [0.15, 0.2) is 34.3 Å². The molecule has 0 aromatic heterocycles. The predicted molar refractivity (Wildman–Crippen MR) is 133 cm³/mol. The molecule has 0 heterocycles. The van der Waals surface area contributed by atoms with Gasteiger partial charge in [-0.15, -0.1) is 11.5 Å². The normalized spacial score (nSPS) is 16.8. The Bertz CT molecular complexity index is 640. The van der Waals surface area contributed by atoms with Crippen molar-refractivity contribution >= 4 is 5.97 Å². The molecule has 176 valence electrons. The Labute approximate surface area is 192 Å². The van der Waals surface area contributed by atoms with E-state index in [9.17, 15) is 4.79 Å². The number of carbonyl (C=O) groups excluding carboxylic acids is 1. The van der Waals surface area contributed by atoms with Crippen LogP contribution in [0.1, 0.15) is 124 Å². The largest absolute Gasteiger partial charge is 0.465 e. The van der Waals surface area contributed by atoms with Crippen LogP contribution in [0, 0.1) is 11.8 Å². The minimum absolute atomic E-state index is 0.227. The molecule has 0 aromatic rings. The van der Waals surface area contributed by atoms with Crippen molar-refractivity contribution in [1.82, 2.24) is 0 Å². The number of methoxy groups -OCH3 is 1. The van der Waals surface area contributed by atoms with Crippen molar-refractivity contribution in [2.45, 2.75) is 124 Å². The van der Waals surface area contributed by atoms with Gasteiger partial charge in [-0.05, 0) is 68.9 Å². The Morgan fingerprint density at radius 2 is 1.58 bits per heavy atom. The van der Waals surface area contributed by atoms with Crippen molar-refractivity contribution in [1.29, 1.82) is 0 Å². The van der Waals surface area contributed by atoms with Gasteiger partial charge in [0.2, 0.25) is 0 Å². The molecular formula is C29H48O2. The topological polar surface area (TPSA) is 26.3 Å². The predicted octanol–water partition coefficient (Wildman–Crippen LogP) is 8.87. The van der Waals surface area contributed by atoms with Crippen molar-refractivity contribution in [3.8, 4) is 0 Å². The summed E-state index contributed by atoms with van der Waals surface area (Å²) in [5.41, 5.74) is 10.0. The number of rotatable bonds is 10. The maximum absolute atomic E-state index is 12.2. The van der Waals surface area contributed by atoms with E-state index in [2.05, 4.69) is 45.2 Å².